The maximum Gasteiger partial charge on any atom is 0.340 e. The zero-order chi connectivity index (χ0) is 12.5. The zero-order valence-corrected chi connectivity index (χ0v) is 11.1. The first-order chi connectivity index (χ1) is 8.02. The number of aromatic nitrogens is 1. The van der Waals surface area contributed by atoms with Gasteiger partial charge in [0.25, 0.3) is 0 Å². The molecule has 0 amide bonds. The number of carbonyl (C=O) groups is 1. The molecule has 1 aromatic heterocycles. The molecule has 1 aromatic rings. The van der Waals surface area contributed by atoms with E-state index in [1.807, 2.05) is 0 Å². The Kier molecular flexibility index (Phi) is 3.38. The normalized spacial score (nSPS) is 18.2. The summed E-state index contributed by atoms with van der Waals surface area (Å²) in [6.07, 6.45) is 5.01. The molecule has 2 rings (SSSR count). The second kappa shape index (κ2) is 4.64. The van der Waals surface area contributed by atoms with Crippen LogP contribution in [0.4, 0.5) is 5.00 Å². The largest absolute Gasteiger partial charge is 0.478 e. The van der Waals surface area contributed by atoms with Crippen molar-refractivity contribution in [3.05, 3.63) is 11.3 Å². The molecule has 1 fully saturated rings. The second-order valence-electron chi connectivity index (χ2n) is 5.15. The molecule has 1 saturated carbocycles. The van der Waals surface area contributed by atoms with Gasteiger partial charge in [-0.2, -0.15) is 4.37 Å². The van der Waals surface area contributed by atoms with Gasteiger partial charge in [-0.25, -0.2) is 4.79 Å². The molecular weight excluding hydrogens is 236 g/mol. The summed E-state index contributed by atoms with van der Waals surface area (Å²) in [5, 5.41) is 13.1. The van der Waals surface area contributed by atoms with E-state index in [0.29, 0.717) is 21.7 Å². The number of carboxylic acids is 1. The van der Waals surface area contributed by atoms with Gasteiger partial charge in [0.15, 0.2) is 0 Å². The summed E-state index contributed by atoms with van der Waals surface area (Å²) >= 11 is 1.24. The van der Waals surface area contributed by atoms with E-state index >= 15 is 0 Å². The van der Waals surface area contributed by atoms with Gasteiger partial charge in [0.05, 0.1) is 5.69 Å². The minimum absolute atomic E-state index is 0.313. The van der Waals surface area contributed by atoms with E-state index in [0.717, 1.165) is 6.54 Å². The van der Waals surface area contributed by atoms with Crippen molar-refractivity contribution < 1.29 is 9.90 Å². The van der Waals surface area contributed by atoms with E-state index in [1.165, 1.54) is 37.2 Å². The maximum absolute atomic E-state index is 11.1. The van der Waals surface area contributed by atoms with Crippen LogP contribution < -0.4 is 5.32 Å². The summed E-state index contributed by atoms with van der Waals surface area (Å²) in [4.78, 5) is 11.1. The fraction of sp³-hybridized carbons (Fsp3) is 0.667. The Morgan fingerprint density at radius 3 is 2.76 bits per heavy atom. The highest BCUT2D eigenvalue weighted by molar-refractivity contribution is 7.10. The van der Waals surface area contributed by atoms with E-state index in [4.69, 9.17) is 5.11 Å². The van der Waals surface area contributed by atoms with Crippen LogP contribution in [0.2, 0.25) is 0 Å². The number of anilines is 1. The number of nitrogens with one attached hydrogen (secondary N) is 1. The van der Waals surface area contributed by atoms with Crippen LogP contribution in [0.5, 0.6) is 0 Å². The number of hydrogen-bond acceptors (Lipinski definition) is 4. The molecule has 94 valence electrons. The predicted octanol–water partition coefficient (Wildman–Crippen LogP) is 3.14. The average Bonchev–Trinajstić information content (AvgIpc) is 2.83. The highest BCUT2D eigenvalue weighted by Crippen LogP contribution is 2.38. The highest BCUT2D eigenvalue weighted by atomic mass is 32.1. The molecule has 0 unspecified atom stereocenters. The van der Waals surface area contributed by atoms with Gasteiger partial charge in [-0.3, -0.25) is 0 Å². The molecule has 0 saturated heterocycles. The second-order valence-corrected chi connectivity index (χ2v) is 5.92. The molecule has 5 heteroatoms. The van der Waals surface area contributed by atoms with Gasteiger partial charge in [-0.15, -0.1) is 0 Å². The van der Waals surface area contributed by atoms with Crippen LogP contribution in [0.25, 0.3) is 0 Å². The van der Waals surface area contributed by atoms with Crippen molar-refractivity contribution in [3.63, 3.8) is 0 Å². The zero-order valence-electron chi connectivity index (χ0n) is 10.2. The van der Waals surface area contributed by atoms with Crippen molar-refractivity contribution in [2.75, 3.05) is 11.9 Å². The fourth-order valence-corrected chi connectivity index (χ4v) is 3.22. The molecule has 0 atom stereocenters. The summed E-state index contributed by atoms with van der Waals surface area (Å²) in [7, 11) is 0. The Hall–Kier alpha value is -1.10. The number of aryl methyl sites for hydroxylation is 1. The summed E-state index contributed by atoms with van der Waals surface area (Å²) < 4.78 is 4.10. The van der Waals surface area contributed by atoms with Crippen LogP contribution in [0.15, 0.2) is 0 Å². The third-order valence-electron chi connectivity index (χ3n) is 3.56. The quantitative estimate of drug-likeness (QED) is 0.866. The first-order valence-electron chi connectivity index (χ1n) is 5.95. The molecule has 0 bridgehead atoms. The molecule has 1 aliphatic rings. The van der Waals surface area contributed by atoms with Gasteiger partial charge in [-0.1, -0.05) is 19.8 Å². The molecule has 0 radical (unpaired) electrons. The van der Waals surface area contributed by atoms with Gasteiger partial charge < -0.3 is 10.4 Å². The SMILES string of the molecule is Cc1nsc(NCC2(C)CCCC2)c1C(=O)O. The lowest BCUT2D eigenvalue weighted by molar-refractivity contribution is 0.0697. The Morgan fingerprint density at radius 1 is 1.53 bits per heavy atom. The number of nitrogens with zero attached hydrogens (tertiary/aromatic N) is 1. The molecule has 0 aliphatic heterocycles. The van der Waals surface area contributed by atoms with E-state index in [2.05, 4.69) is 16.6 Å². The number of carboxylic acid groups (broad SMARTS) is 1. The summed E-state index contributed by atoms with van der Waals surface area (Å²) in [5.74, 6) is -0.893. The molecule has 0 aromatic carbocycles. The minimum atomic E-state index is -0.893. The standard InChI is InChI=1S/C12H18N2O2S/c1-8-9(11(15)16)10(17-14-8)13-7-12(2)5-3-4-6-12/h13H,3-7H2,1-2H3,(H,15,16). The number of aromatic carboxylic acids is 1. The topological polar surface area (TPSA) is 62.2 Å². The van der Waals surface area contributed by atoms with Crippen LogP contribution in [0.1, 0.15) is 48.7 Å². The van der Waals surface area contributed by atoms with Crippen LogP contribution in [-0.2, 0) is 0 Å². The molecule has 17 heavy (non-hydrogen) atoms. The lowest BCUT2D eigenvalue weighted by atomic mass is 9.89. The first kappa shape index (κ1) is 12.4. The summed E-state index contributed by atoms with van der Waals surface area (Å²) in [5.41, 5.74) is 1.24. The maximum atomic E-state index is 11.1. The van der Waals surface area contributed by atoms with E-state index in [-0.39, 0.29) is 0 Å². The average molecular weight is 254 g/mol. The lowest BCUT2D eigenvalue weighted by Crippen LogP contribution is -2.23. The summed E-state index contributed by atoms with van der Waals surface area (Å²) in [6.45, 7) is 4.85. The Bertz CT molecular complexity index is 422. The minimum Gasteiger partial charge on any atom is -0.478 e. The van der Waals surface area contributed by atoms with Crippen molar-refractivity contribution in [1.29, 1.82) is 0 Å². The van der Waals surface area contributed by atoms with Gasteiger partial charge in [0.1, 0.15) is 10.6 Å². The van der Waals surface area contributed by atoms with Crippen molar-refractivity contribution in [3.8, 4) is 0 Å². The molecular formula is C12H18N2O2S. The Morgan fingerprint density at radius 2 is 2.18 bits per heavy atom. The molecule has 2 N–H and O–H groups in total. The van der Waals surface area contributed by atoms with Crippen molar-refractivity contribution >= 4 is 22.5 Å². The molecule has 1 heterocycles. The number of hydrogen-bond donors (Lipinski definition) is 2. The Balaban J connectivity index is 2.06. The van der Waals surface area contributed by atoms with Gasteiger partial charge >= 0.3 is 5.97 Å². The fourth-order valence-electron chi connectivity index (χ4n) is 2.44. The first-order valence-corrected chi connectivity index (χ1v) is 6.73. The third-order valence-corrected chi connectivity index (χ3v) is 4.46. The van der Waals surface area contributed by atoms with Crippen LogP contribution >= 0.6 is 11.5 Å². The van der Waals surface area contributed by atoms with E-state index in [9.17, 15) is 4.79 Å². The van der Waals surface area contributed by atoms with Crippen LogP contribution in [0, 0.1) is 12.3 Å². The van der Waals surface area contributed by atoms with Gasteiger partial charge in [-0.05, 0) is 36.7 Å². The number of rotatable bonds is 4. The van der Waals surface area contributed by atoms with Crippen molar-refractivity contribution in [2.24, 2.45) is 5.41 Å². The van der Waals surface area contributed by atoms with Crippen LogP contribution in [-0.4, -0.2) is 22.0 Å². The van der Waals surface area contributed by atoms with Crippen molar-refractivity contribution in [2.45, 2.75) is 39.5 Å². The summed E-state index contributed by atoms with van der Waals surface area (Å²) in [6, 6.07) is 0. The molecule has 0 spiro atoms. The van der Waals surface area contributed by atoms with E-state index in [1.54, 1.807) is 6.92 Å². The predicted molar refractivity (Wildman–Crippen MR) is 68.9 cm³/mol. The highest BCUT2D eigenvalue weighted by Gasteiger charge is 2.29. The smallest absolute Gasteiger partial charge is 0.340 e. The van der Waals surface area contributed by atoms with Crippen molar-refractivity contribution in [1.82, 2.24) is 4.37 Å². The monoisotopic (exact) mass is 254 g/mol. The van der Waals surface area contributed by atoms with Crippen LogP contribution in [0.3, 0.4) is 0 Å². The van der Waals surface area contributed by atoms with Gasteiger partial charge in [0.2, 0.25) is 0 Å². The molecule has 1 aliphatic carbocycles. The Labute approximate surface area is 105 Å². The lowest BCUT2D eigenvalue weighted by Gasteiger charge is -2.23. The molecule has 4 nitrogen and oxygen atoms in total. The van der Waals surface area contributed by atoms with E-state index < -0.39 is 5.97 Å². The van der Waals surface area contributed by atoms with Gasteiger partial charge in [0, 0.05) is 6.54 Å². The third kappa shape index (κ3) is 2.60.